The zero-order chi connectivity index (χ0) is 12.8. The molecule has 3 heteroatoms. The number of hydrogen-bond donors (Lipinski definition) is 1. The summed E-state index contributed by atoms with van der Waals surface area (Å²) in [7, 11) is 0. The van der Waals surface area contributed by atoms with Gasteiger partial charge in [-0.15, -0.1) is 0 Å². The monoisotopic (exact) mass is 257 g/mol. The van der Waals surface area contributed by atoms with Crippen molar-refractivity contribution in [2.24, 2.45) is 0 Å². The summed E-state index contributed by atoms with van der Waals surface area (Å²) >= 11 is 5.74. The molecule has 0 aliphatic heterocycles. The minimum atomic E-state index is -0.201. The van der Waals surface area contributed by atoms with Gasteiger partial charge in [0.2, 0.25) is 0 Å². The number of hydrogen-bond acceptors (Lipinski definition) is 1. The minimum absolute atomic E-state index is 0.201. The van der Waals surface area contributed by atoms with Crippen LogP contribution in [0.1, 0.15) is 45.1 Å². The summed E-state index contributed by atoms with van der Waals surface area (Å²) in [5.74, 6) is -0.000635. The van der Waals surface area contributed by atoms with Crippen LogP contribution in [-0.4, -0.2) is 12.6 Å². The molecule has 0 fully saturated rings. The normalized spacial score (nSPS) is 14.6. The summed E-state index contributed by atoms with van der Waals surface area (Å²) in [6.07, 6.45) is 2.05. The topological polar surface area (TPSA) is 12.0 Å². The molecule has 0 spiro atoms. The molecule has 0 aromatic heterocycles. The molecule has 0 radical (unpaired) electrons. The molecule has 0 aliphatic rings. The van der Waals surface area contributed by atoms with E-state index in [2.05, 4.69) is 26.1 Å². The van der Waals surface area contributed by atoms with Gasteiger partial charge in [-0.1, -0.05) is 31.5 Å². The van der Waals surface area contributed by atoms with Crippen molar-refractivity contribution in [2.75, 3.05) is 6.54 Å². The van der Waals surface area contributed by atoms with Crippen molar-refractivity contribution in [1.29, 1.82) is 0 Å². The van der Waals surface area contributed by atoms with E-state index in [4.69, 9.17) is 11.6 Å². The first-order chi connectivity index (χ1) is 8.04. The fourth-order valence-corrected chi connectivity index (χ4v) is 2.19. The lowest BCUT2D eigenvalue weighted by Crippen LogP contribution is -2.28. The average molecular weight is 258 g/mol. The van der Waals surface area contributed by atoms with Crippen LogP contribution in [0, 0.1) is 5.82 Å². The zero-order valence-corrected chi connectivity index (χ0v) is 11.5. The van der Waals surface area contributed by atoms with Gasteiger partial charge >= 0.3 is 0 Å². The van der Waals surface area contributed by atoms with E-state index < -0.39 is 0 Å². The lowest BCUT2D eigenvalue weighted by atomic mass is 9.94. The maximum Gasteiger partial charge on any atom is 0.128 e. The number of nitrogens with one attached hydrogen (secondary N) is 1. The molecule has 2 atom stereocenters. The van der Waals surface area contributed by atoms with E-state index in [1.165, 1.54) is 6.07 Å². The van der Waals surface area contributed by atoms with E-state index in [-0.39, 0.29) is 11.7 Å². The van der Waals surface area contributed by atoms with Crippen LogP contribution in [-0.2, 0) is 0 Å². The molecular formula is C14H21ClFN. The van der Waals surface area contributed by atoms with Crippen LogP contribution in [0.5, 0.6) is 0 Å². The standard InChI is InChI=1S/C14H21ClFN/c1-4-7-17-11(3)8-10(2)13-6-5-12(15)9-14(13)16/h5-6,9-11,17H,4,7-8H2,1-3H3. The Kier molecular flexibility index (Phi) is 5.93. The largest absolute Gasteiger partial charge is 0.314 e. The molecule has 17 heavy (non-hydrogen) atoms. The van der Waals surface area contributed by atoms with Gasteiger partial charge in [0.25, 0.3) is 0 Å². The van der Waals surface area contributed by atoms with Crippen LogP contribution in [0.15, 0.2) is 18.2 Å². The third-order valence-corrected chi connectivity index (χ3v) is 3.18. The van der Waals surface area contributed by atoms with Crippen molar-refractivity contribution in [2.45, 2.75) is 45.6 Å². The summed E-state index contributed by atoms with van der Waals surface area (Å²) < 4.78 is 13.7. The van der Waals surface area contributed by atoms with Crippen LogP contribution < -0.4 is 5.32 Å². The van der Waals surface area contributed by atoms with Crippen molar-refractivity contribution >= 4 is 11.6 Å². The third kappa shape index (κ3) is 4.64. The zero-order valence-electron chi connectivity index (χ0n) is 10.8. The number of benzene rings is 1. The average Bonchev–Trinajstić information content (AvgIpc) is 2.26. The van der Waals surface area contributed by atoms with Crippen molar-refractivity contribution in [1.82, 2.24) is 5.32 Å². The van der Waals surface area contributed by atoms with Crippen molar-refractivity contribution < 1.29 is 4.39 Å². The second-order valence-corrected chi connectivity index (χ2v) is 5.09. The lowest BCUT2D eigenvalue weighted by molar-refractivity contribution is 0.468. The summed E-state index contributed by atoms with van der Waals surface area (Å²) in [5.41, 5.74) is 0.750. The molecule has 96 valence electrons. The predicted molar refractivity (Wildman–Crippen MR) is 72.2 cm³/mol. The van der Waals surface area contributed by atoms with E-state index in [1.807, 2.05) is 0 Å². The Morgan fingerprint density at radius 2 is 2.06 bits per heavy atom. The van der Waals surface area contributed by atoms with E-state index in [1.54, 1.807) is 12.1 Å². The second kappa shape index (κ2) is 6.97. The Balaban J connectivity index is 2.60. The SMILES string of the molecule is CCCNC(C)CC(C)c1ccc(Cl)cc1F. The summed E-state index contributed by atoms with van der Waals surface area (Å²) in [4.78, 5) is 0. The van der Waals surface area contributed by atoms with Crippen LogP contribution in [0.25, 0.3) is 0 Å². The molecule has 0 bridgehead atoms. The molecule has 2 unspecified atom stereocenters. The molecule has 1 nitrogen and oxygen atoms in total. The molecule has 0 saturated carbocycles. The fraction of sp³-hybridized carbons (Fsp3) is 0.571. The van der Waals surface area contributed by atoms with Crippen LogP contribution in [0.4, 0.5) is 4.39 Å². The van der Waals surface area contributed by atoms with Gasteiger partial charge in [-0.05, 0) is 49.9 Å². The van der Waals surface area contributed by atoms with Crippen molar-refractivity contribution in [3.63, 3.8) is 0 Å². The summed E-state index contributed by atoms with van der Waals surface area (Å²) in [6, 6.07) is 5.33. The van der Waals surface area contributed by atoms with Gasteiger partial charge < -0.3 is 5.32 Å². The second-order valence-electron chi connectivity index (χ2n) is 4.66. The van der Waals surface area contributed by atoms with Gasteiger partial charge in [0, 0.05) is 11.1 Å². The van der Waals surface area contributed by atoms with Gasteiger partial charge in [-0.3, -0.25) is 0 Å². The molecule has 0 amide bonds. The van der Waals surface area contributed by atoms with Gasteiger partial charge in [0.15, 0.2) is 0 Å². The Labute approximate surface area is 108 Å². The predicted octanol–water partition coefficient (Wildman–Crippen LogP) is 4.36. The number of halogens is 2. The summed E-state index contributed by atoms with van der Waals surface area (Å²) in [5, 5.41) is 3.87. The third-order valence-electron chi connectivity index (χ3n) is 2.94. The first-order valence-corrected chi connectivity index (χ1v) is 6.60. The first kappa shape index (κ1) is 14.5. The van der Waals surface area contributed by atoms with Gasteiger partial charge in [0.05, 0.1) is 0 Å². The Morgan fingerprint density at radius 3 is 2.65 bits per heavy atom. The smallest absolute Gasteiger partial charge is 0.128 e. The molecule has 1 aromatic rings. The Bertz CT molecular complexity index is 354. The molecule has 1 rings (SSSR count). The highest BCUT2D eigenvalue weighted by molar-refractivity contribution is 6.30. The van der Waals surface area contributed by atoms with Crippen LogP contribution >= 0.6 is 11.6 Å². The van der Waals surface area contributed by atoms with Gasteiger partial charge in [-0.2, -0.15) is 0 Å². The molecule has 1 N–H and O–H groups in total. The van der Waals surface area contributed by atoms with Crippen molar-refractivity contribution in [3.05, 3.63) is 34.6 Å². The Morgan fingerprint density at radius 1 is 1.35 bits per heavy atom. The van der Waals surface area contributed by atoms with E-state index in [9.17, 15) is 4.39 Å². The van der Waals surface area contributed by atoms with Crippen molar-refractivity contribution in [3.8, 4) is 0 Å². The fourth-order valence-electron chi connectivity index (χ4n) is 2.03. The maximum absolute atomic E-state index is 13.7. The number of rotatable bonds is 6. The molecule has 1 aromatic carbocycles. The van der Waals surface area contributed by atoms with E-state index in [0.717, 1.165) is 24.9 Å². The van der Waals surface area contributed by atoms with Gasteiger partial charge in [-0.25, -0.2) is 4.39 Å². The quantitative estimate of drug-likeness (QED) is 0.798. The van der Waals surface area contributed by atoms with Gasteiger partial charge in [0.1, 0.15) is 5.82 Å². The highest BCUT2D eigenvalue weighted by Gasteiger charge is 2.14. The molecular weight excluding hydrogens is 237 g/mol. The minimum Gasteiger partial charge on any atom is -0.314 e. The maximum atomic E-state index is 13.7. The highest BCUT2D eigenvalue weighted by atomic mass is 35.5. The van der Waals surface area contributed by atoms with Crippen LogP contribution in [0.3, 0.4) is 0 Å². The van der Waals surface area contributed by atoms with E-state index in [0.29, 0.717) is 11.1 Å². The first-order valence-electron chi connectivity index (χ1n) is 6.23. The summed E-state index contributed by atoms with van der Waals surface area (Å²) in [6.45, 7) is 7.34. The Hall–Kier alpha value is -0.600. The molecule has 0 aliphatic carbocycles. The van der Waals surface area contributed by atoms with Crippen LogP contribution in [0.2, 0.25) is 5.02 Å². The lowest BCUT2D eigenvalue weighted by Gasteiger charge is -2.19. The highest BCUT2D eigenvalue weighted by Crippen LogP contribution is 2.25. The molecule has 0 saturated heterocycles. The van der Waals surface area contributed by atoms with E-state index >= 15 is 0 Å². The molecule has 0 heterocycles.